The predicted octanol–water partition coefficient (Wildman–Crippen LogP) is 5.18. The molecule has 0 N–H and O–H groups in total. The summed E-state index contributed by atoms with van der Waals surface area (Å²) in [5.74, 6) is 1.48. The van der Waals surface area contributed by atoms with Crippen molar-refractivity contribution in [1.29, 1.82) is 0 Å². The summed E-state index contributed by atoms with van der Waals surface area (Å²) in [5.41, 5.74) is 1.06. The van der Waals surface area contributed by atoms with E-state index in [1.54, 1.807) is 34.8 Å². The molecule has 8 heteroatoms. The smallest absolute Gasteiger partial charge is 0.232 e. The van der Waals surface area contributed by atoms with Crippen LogP contribution in [0.1, 0.15) is 5.82 Å². The van der Waals surface area contributed by atoms with E-state index < -0.39 is 0 Å². The molecule has 0 radical (unpaired) electrons. The van der Waals surface area contributed by atoms with Crippen molar-refractivity contribution in [1.82, 2.24) is 14.9 Å². The van der Waals surface area contributed by atoms with E-state index >= 15 is 0 Å². The molecule has 0 spiro atoms. The van der Waals surface area contributed by atoms with Crippen LogP contribution in [0.2, 0.25) is 0 Å². The Morgan fingerprint density at radius 1 is 1.07 bits per heavy atom. The predicted molar refractivity (Wildman–Crippen MR) is 113 cm³/mol. The van der Waals surface area contributed by atoms with Crippen molar-refractivity contribution in [3.05, 3.63) is 58.8 Å². The highest BCUT2D eigenvalue weighted by molar-refractivity contribution is 7.18. The zero-order chi connectivity index (χ0) is 19.6. The number of ether oxygens (including phenoxy) is 2. The molecule has 5 rings (SSSR count). The number of halogens is 1. The maximum Gasteiger partial charge on any atom is 0.232 e. The van der Waals surface area contributed by atoms with Crippen molar-refractivity contribution in [2.75, 3.05) is 26.3 Å². The zero-order valence-corrected chi connectivity index (χ0v) is 17.1. The molecule has 148 valence electrons. The SMILES string of the molecule is Fc1ccc(Oc2nc(CN3CCOCC3)nc3scc(-c4cccs4)c23)cc1. The van der Waals surface area contributed by atoms with Crippen molar-refractivity contribution < 1.29 is 13.9 Å². The molecule has 29 heavy (non-hydrogen) atoms. The summed E-state index contributed by atoms with van der Waals surface area (Å²) in [6.45, 7) is 3.82. The lowest BCUT2D eigenvalue weighted by atomic mass is 10.2. The van der Waals surface area contributed by atoms with Gasteiger partial charge in [-0.15, -0.1) is 22.7 Å². The molecule has 0 bridgehead atoms. The topological polar surface area (TPSA) is 47.5 Å². The van der Waals surface area contributed by atoms with Gasteiger partial charge in [0, 0.05) is 28.9 Å². The summed E-state index contributed by atoms with van der Waals surface area (Å²) < 4.78 is 24.9. The maximum absolute atomic E-state index is 13.3. The van der Waals surface area contributed by atoms with Gasteiger partial charge in [-0.2, -0.15) is 4.98 Å². The molecule has 1 aliphatic rings. The lowest BCUT2D eigenvalue weighted by Gasteiger charge is -2.25. The fraction of sp³-hybridized carbons (Fsp3) is 0.238. The van der Waals surface area contributed by atoms with E-state index in [-0.39, 0.29) is 5.82 Å². The van der Waals surface area contributed by atoms with Gasteiger partial charge in [0.25, 0.3) is 0 Å². The molecule has 1 aromatic carbocycles. The van der Waals surface area contributed by atoms with Crippen LogP contribution in [0.4, 0.5) is 4.39 Å². The summed E-state index contributed by atoms with van der Waals surface area (Å²) in [7, 11) is 0. The summed E-state index contributed by atoms with van der Waals surface area (Å²) in [5, 5.41) is 5.04. The summed E-state index contributed by atoms with van der Waals surface area (Å²) in [6.07, 6.45) is 0. The lowest BCUT2D eigenvalue weighted by Crippen LogP contribution is -2.36. The van der Waals surface area contributed by atoms with Crippen LogP contribution in [0.25, 0.3) is 20.7 Å². The van der Waals surface area contributed by atoms with Crippen LogP contribution >= 0.6 is 22.7 Å². The van der Waals surface area contributed by atoms with Gasteiger partial charge in [-0.05, 0) is 35.7 Å². The second kappa shape index (κ2) is 8.16. The molecule has 1 fully saturated rings. The van der Waals surface area contributed by atoms with Gasteiger partial charge < -0.3 is 9.47 Å². The molecule has 1 saturated heterocycles. The van der Waals surface area contributed by atoms with Gasteiger partial charge in [0.1, 0.15) is 22.2 Å². The monoisotopic (exact) mass is 427 g/mol. The molecule has 3 aromatic heterocycles. The molecule has 0 amide bonds. The number of morpholine rings is 1. The van der Waals surface area contributed by atoms with Gasteiger partial charge in [-0.3, -0.25) is 4.90 Å². The third-order valence-electron chi connectivity index (χ3n) is 4.73. The molecule has 5 nitrogen and oxygen atoms in total. The molecule has 0 unspecified atom stereocenters. The second-order valence-electron chi connectivity index (χ2n) is 6.70. The molecule has 4 heterocycles. The van der Waals surface area contributed by atoms with Crippen LogP contribution in [-0.2, 0) is 11.3 Å². The minimum atomic E-state index is -0.298. The number of rotatable bonds is 5. The summed E-state index contributed by atoms with van der Waals surface area (Å²) >= 11 is 3.26. The van der Waals surface area contributed by atoms with Crippen molar-refractivity contribution in [3.63, 3.8) is 0 Å². The Bertz CT molecular complexity index is 1110. The highest BCUT2D eigenvalue weighted by atomic mass is 32.1. The Kier molecular flexibility index (Phi) is 5.24. The molecular weight excluding hydrogens is 409 g/mol. The lowest BCUT2D eigenvalue weighted by molar-refractivity contribution is 0.0330. The highest BCUT2D eigenvalue weighted by Gasteiger charge is 2.20. The third-order valence-corrected chi connectivity index (χ3v) is 6.51. The first-order valence-electron chi connectivity index (χ1n) is 9.32. The summed E-state index contributed by atoms with van der Waals surface area (Å²) in [4.78, 5) is 13.9. The van der Waals surface area contributed by atoms with Gasteiger partial charge in [0.05, 0.1) is 25.1 Å². The Hall–Kier alpha value is -2.39. The third kappa shape index (κ3) is 4.02. The van der Waals surface area contributed by atoms with Gasteiger partial charge >= 0.3 is 0 Å². The van der Waals surface area contributed by atoms with Crippen LogP contribution in [0, 0.1) is 5.82 Å². The van der Waals surface area contributed by atoms with Gasteiger partial charge in [0.15, 0.2) is 0 Å². The Morgan fingerprint density at radius 3 is 2.66 bits per heavy atom. The number of aromatic nitrogens is 2. The Balaban J connectivity index is 1.57. The van der Waals surface area contributed by atoms with E-state index in [4.69, 9.17) is 19.4 Å². The molecule has 1 aliphatic heterocycles. The molecule has 0 saturated carbocycles. The van der Waals surface area contributed by atoms with E-state index in [0.717, 1.165) is 52.8 Å². The highest BCUT2D eigenvalue weighted by Crippen LogP contribution is 2.41. The average Bonchev–Trinajstić information content (AvgIpc) is 3.40. The number of hydrogen-bond donors (Lipinski definition) is 0. The van der Waals surface area contributed by atoms with Crippen molar-refractivity contribution in [3.8, 4) is 22.1 Å². The van der Waals surface area contributed by atoms with Crippen molar-refractivity contribution in [2.45, 2.75) is 6.54 Å². The quantitative estimate of drug-likeness (QED) is 0.439. The van der Waals surface area contributed by atoms with Crippen LogP contribution in [0.15, 0.2) is 47.2 Å². The molecule has 4 aromatic rings. The van der Waals surface area contributed by atoms with Gasteiger partial charge in [0.2, 0.25) is 5.88 Å². The fourth-order valence-electron chi connectivity index (χ4n) is 3.28. The average molecular weight is 428 g/mol. The first-order chi connectivity index (χ1) is 14.3. The Morgan fingerprint density at radius 2 is 1.90 bits per heavy atom. The Labute approximate surface area is 175 Å². The maximum atomic E-state index is 13.3. The van der Waals surface area contributed by atoms with Crippen LogP contribution < -0.4 is 4.74 Å². The minimum absolute atomic E-state index is 0.298. The van der Waals surface area contributed by atoms with Gasteiger partial charge in [-0.25, -0.2) is 9.37 Å². The second-order valence-corrected chi connectivity index (χ2v) is 8.50. The molecule has 0 atom stereocenters. The number of hydrogen-bond acceptors (Lipinski definition) is 7. The first kappa shape index (κ1) is 18.6. The van der Waals surface area contributed by atoms with E-state index in [0.29, 0.717) is 18.2 Å². The van der Waals surface area contributed by atoms with Crippen LogP contribution in [-0.4, -0.2) is 41.2 Å². The van der Waals surface area contributed by atoms with Gasteiger partial charge in [-0.1, -0.05) is 6.07 Å². The zero-order valence-electron chi connectivity index (χ0n) is 15.5. The standard InChI is InChI=1S/C21H18FN3O2S2/c22-14-3-5-15(6-4-14)27-20-19-16(17-2-1-11-28-17)13-29-21(19)24-18(23-20)12-25-7-9-26-10-8-25/h1-6,11,13H,7-10,12H2. The first-order valence-corrected chi connectivity index (χ1v) is 11.1. The minimum Gasteiger partial charge on any atom is -0.438 e. The van der Waals surface area contributed by atoms with Crippen LogP contribution in [0.3, 0.4) is 0 Å². The molecular formula is C21H18FN3O2S2. The largest absolute Gasteiger partial charge is 0.438 e. The number of thiophene rings is 2. The van der Waals surface area contributed by atoms with Crippen LogP contribution in [0.5, 0.6) is 11.6 Å². The fourth-order valence-corrected chi connectivity index (χ4v) is 5.05. The van der Waals surface area contributed by atoms with E-state index in [1.165, 1.54) is 12.1 Å². The molecule has 0 aliphatic carbocycles. The number of fused-ring (bicyclic) bond motifs is 1. The van der Waals surface area contributed by atoms with Crippen molar-refractivity contribution in [2.24, 2.45) is 0 Å². The summed E-state index contributed by atoms with van der Waals surface area (Å²) in [6, 6.07) is 10.1. The number of benzene rings is 1. The van der Waals surface area contributed by atoms with E-state index in [9.17, 15) is 4.39 Å². The van der Waals surface area contributed by atoms with E-state index in [2.05, 4.69) is 16.3 Å². The normalized spacial score (nSPS) is 15.1. The number of nitrogens with zero attached hydrogens (tertiary/aromatic N) is 3. The van der Waals surface area contributed by atoms with E-state index in [1.807, 2.05) is 11.4 Å². The van der Waals surface area contributed by atoms with Crippen molar-refractivity contribution >= 4 is 32.9 Å².